The number of ether oxygens (including phenoxy) is 3. The number of amides is 1. The molecule has 0 saturated heterocycles. The van der Waals surface area contributed by atoms with Crippen molar-refractivity contribution in [2.45, 2.75) is 18.7 Å². The first-order chi connectivity index (χ1) is 17.3. The van der Waals surface area contributed by atoms with Gasteiger partial charge in [-0.05, 0) is 74.0 Å². The zero-order valence-electron chi connectivity index (χ0n) is 20.6. The first-order valence-corrected chi connectivity index (χ1v) is 12.6. The van der Waals surface area contributed by atoms with Crippen molar-refractivity contribution in [3.8, 4) is 17.2 Å². The molecule has 9 nitrogen and oxygen atoms in total. The number of nitrogens with zero attached hydrogens (tertiary/aromatic N) is 2. The quantitative estimate of drug-likeness (QED) is 0.310. The second kappa shape index (κ2) is 12.1. The van der Waals surface area contributed by atoms with Gasteiger partial charge in [-0.1, -0.05) is 17.7 Å². The van der Waals surface area contributed by atoms with Crippen LogP contribution in [0.4, 0.5) is 5.69 Å². The third-order valence-corrected chi connectivity index (χ3v) is 6.93. The highest BCUT2D eigenvalue weighted by atomic mass is 32.2. The van der Waals surface area contributed by atoms with E-state index in [2.05, 4.69) is 10.5 Å². The summed E-state index contributed by atoms with van der Waals surface area (Å²) in [6.45, 7) is 3.72. The van der Waals surface area contributed by atoms with Gasteiger partial charge in [0, 0.05) is 0 Å². The van der Waals surface area contributed by atoms with Crippen molar-refractivity contribution in [3.05, 3.63) is 77.9 Å². The summed E-state index contributed by atoms with van der Waals surface area (Å²) in [5.74, 6) is 1.05. The zero-order chi connectivity index (χ0) is 26.1. The lowest BCUT2D eigenvalue weighted by molar-refractivity contribution is -0.119. The predicted molar refractivity (Wildman–Crippen MR) is 139 cm³/mol. The van der Waals surface area contributed by atoms with Crippen LogP contribution in [0.15, 0.2) is 76.7 Å². The number of rotatable bonds is 11. The van der Waals surface area contributed by atoms with Crippen LogP contribution < -0.4 is 23.9 Å². The van der Waals surface area contributed by atoms with Crippen LogP contribution in [0.1, 0.15) is 18.1 Å². The molecule has 0 atom stereocenters. The van der Waals surface area contributed by atoms with Crippen LogP contribution in [-0.2, 0) is 14.8 Å². The molecule has 1 amide bonds. The normalized spacial score (nSPS) is 11.2. The average Bonchev–Trinajstić information content (AvgIpc) is 2.88. The van der Waals surface area contributed by atoms with Crippen LogP contribution in [0, 0.1) is 6.92 Å². The van der Waals surface area contributed by atoms with E-state index in [0.29, 0.717) is 35.1 Å². The molecule has 0 radical (unpaired) electrons. The Morgan fingerprint density at radius 1 is 0.972 bits per heavy atom. The standard InChI is InChI=1S/C26H29N3O6S/c1-5-35-22-11-9-21(10-12-22)29(36(31,32)23-13-6-19(2)7-14-23)18-26(30)28-27-17-20-8-15-24(33-3)25(16-20)34-4/h6-17H,5,18H2,1-4H3,(H,28,30)/b27-17-. The van der Waals surface area contributed by atoms with Crippen LogP contribution in [0.3, 0.4) is 0 Å². The molecule has 0 unspecified atom stereocenters. The molecule has 3 aromatic rings. The van der Waals surface area contributed by atoms with Crippen LogP contribution >= 0.6 is 0 Å². The number of aryl methyl sites for hydroxylation is 1. The largest absolute Gasteiger partial charge is 0.494 e. The van der Waals surface area contributed by atoms with E-state index < -0.39 is 22.5 Å². The molecular weight excluding hydrogens is 482 g/mol. The summed E-state index contributed by atoms with van der Waals surface area (Å²) in [5, 5.41) is 3.96. The van der Waals surface area contributed by atoms with Crippen molar-refractivity contribution in [2.75, 3.05) is 31.7 Å². The molecule has 0 aromatic heterocycles. The fraction of sp³-hybridized carbons (Fsp3) is 0.231. The Balaban J connectivity index is 1.82. The highest BCUT2D eigenvalue weighted by Gasteiger charge is 2.27. The second-order valence-corrected chi connectivity index (χ2v) is 9.52. The Labute approximate surface area is 211 Å². The van der Waals surface area contributed by atoms with Crippen LogP contribution in [0.2, 0.25) is 0 Å². The summed E-state index contributed by atoms with van der Waals surface area (Å²) in [4.78, 5) is 12.8. The maximum Gasteiger partial charge on any atom is 0.264 e. The van der Waals surface area contributed by atoms with Gasteiger partial charge >= 0.3 is 0 Å². The van der Waals surface area contributed by atoms with Gasteiger partial charge in [0.2, 0.25) is 0 Å². The van der Waals surface area contributed by atoms with Crippen LogP contribution in [0.5, 0.6) is 17.2 Å². The highest BCUT2D eigenvalue weighted by Crippen LogP contribution is 2.27. The Kier molecular flexibility index (Phi) is 8.91. The van der Waals surface area contributed by atoms with Crippen molar-refractivity contribution in [1.29, 1.82) is 0 Å². The summed E-state index contributed by atoms with van der Waals surface area (Å²) >= 11 is 0. The van der Waals surface area contributed by atoms with Crippen molar-refractivity contribution < 1.29 is 27.4 Å². The number of carbonyl (C=O) groups excluding carboxylic acids is 1. The topological polar surface area (TPSA) is 107 Å². The monoisotopic (exact) mass is 511 g/mol. The molecule has 190 valence electrons. The average molecular weight is 512 g/mol. The lowest BCUT2D eigenvalue weighted by atomic mass is 10.2. The Hall–Kier alpha value is -4.05. The van der Waals surface area contributed by atoms with Gasteiger partial charge in [0.15, 0.2) is 11.5 Å². The molecule has 0 heterocycles. The highest BCUT2D eigenvalue weighted by molar-refractivity contribution is 7.92. The van der Waals surface area contributed by atoms with E-state index in [1.165, 1.54) is 32.6 Å². The lowest BCUT2D eigenvalue weighted by Gasteiger charge is -2.24. The molecule has 0 aliphatic rings. The number of methoxy groups -OCH3 is 2. The maximum atomic E-state index is 13.5. The van der Waals surface area contributed by atoms with Gasteiger partial charge in [0.05, 0.1) is 37.6 Å². The molecule has 0 aliphatic heterocycles. The van der Waals surface area contributed by atoms with E-state index >= 15 is 0 Å². The summed E-state index contributed by atoms with van der Waals surface area (Å²) < 4.78 is 43.9. The van der Waals surface area contributed by atoms with Crippen molar-refractivity contribution >= 4 is 27.8 Å². The molecule has 10 heteroatoms. The number of anilines is 1. The fourth-order valence-corrected chi connectivity index (χ4v) is 4.73. The zero-order valence-corrected chi connectivity index (χ0v) is 21.4. The molecule has 3 rings (SSSR count). The summed E-state index contributed by atoms with van der Waals surface area (Å²) in [6, 6.07) is 18.1. The lowest BCUT2D eigenvalue weighted by Crippen LogP contribution is -2.39. The Morgan fingerprint density at radius 3 is 2.25 bits per heavy atom. The van der Waals surface area contributed by atoms with E-state index in [1.54, 1.807) is 54.6 Å². The molecule has 0 aliphatic carbocycles. The number of benzene rings is 3. The summed E-state index contributed by atoms with van der Waals surface area (Å²) in [5.41, 5.74) is 4.28. The van der Waals surface area contributed by atoms with Gasteiger partial charge in [-0.2, -0.15) is 5.10 Å². The third kappa shape index (κ3) is 6.54. The van der Waals surface area contributed by atoms with Gasteiger partial charge in [-0.25, -0.2) is 13.8 Å². The molecule has 36 heavy (non-hydrogen) atoms. The smallest absolute Gasteiger partial charge is 0.264 e. The SMILES string of the molecule is CCOc1ccc(N(CC(=O)N/N=C\c2ccc(OC)c(OC)c2)S(=O)(=O)c2ccc(C)cc2)cc1. The van der Waals surface area contributed by atoms with Gasteiger partial charge < -0.3 is 14.2 Å². The molecular formula is C26H29N3O6S. The molecule has 0 bridgehead atoms. The molecule has 3 aromatic carbocycles. The summed E-state index contributed by atoms with van der Waals surface area (Å²) in [7, 11) is -0.983. The second-order valence-electron chi connectivity index (χ2n) is 7.66. The maximum absolute atomic E-state index is 13.5. The minimum absolute atomic E-state index is 0.0728. The fourth-order valence-electron chi connectivity index (χ4n) is 3.31. The van der Waals surface area contributed by atoms with Crippen LogP contribution in [0.25, 0.3) is 0 Å². The first-order valence-electron chi connectivity index (χ1n) is 11.1. The van der Waals surface area contributed by atoms with Gasteiger partial charge in [0.25, 0.3) is 15.9 Å². The van der Waals surface area contributed by atoms with Crippen molar-refractivity contribution in [3.63, 3.8) is 0 Å². The number of nitrogens with one attached hydrogen (secondary N) is 1. The van der Waals surface area contributed by atoms with Gasteiger partial charge in [-0.3, -0.25) is 9.10 Å². The minimum atomic E-state index is -4.04. The number of carbonyl (C=O) groups is 1. The van der Waals surface area contributed by atoms with Crippen LogP contribution in [-0.4, -0.2) is 47.9 Å². The molecule has 0 spiro atoms. The minimum Gasteiger partial charge on any atom is -0.494 e. The number of hydrogen-bond donors (Lipinski definition) is 1. The van der Waals surface area contributed by atoms with E-state index in [9.17, 15) is 13.2 Å². The third-order valence-electron chi connectivity index (χ3n) is 5.14. The number of sulfonamides is 1. The Morgan fingerprint density at radius 2 is 1.64 bits per heavy atom. The predicted octanol–water partition coefficient (Wildman–Crippen LogP) is 3.76. The van der Waals surface area contributed by atoms with Crippen molar-refractivity contribution in [1.82, 2.24) is 5.43 Å². The van der Waals surface area contributed by atoms with E-state index in [1.807, 2.05) is 13.8 Å². The van der Waals surface area contributed by atoms with Gasteiger partial charge in [0.1, 0.15) is 12.3 Å². The van der Waals surface area contributed by atoms with E-state index in [4.69, 9.17) is 14.2 Å². The van der Waals surface area contributed by atoms with Crippen molar-refractivity contribution in [2.24, 2.45) is 5.10 Å². The molecule has 1 N–H and O–H groups in total. The first kappa shape index (κ1) is 26.6. The molecule has 0 saturated carbocycles. The molecule has 0 fully saturated rings. The van der Waals surface area contributed by atoms with E-state index in [0.717, 1.165) is 9.87 Å². The Bertz CT molecular complexity index is 1310. The van der Waals surface area contributed by atoms with Gasteiger partial charge in [-0.15, -0.1) is 0 Å². The number of hydrogen-bond acceptors (Lipinski definition) is 7. The van der Waals surface area contributed by atoms with E-state index in [-0.39, 0.29) is 4.90 Å². The number of hydrazone groups is 1. The summed E-state index contributed by atoms with van der Waals surface area (Å²) in [6.07, 6.45) is 1.43.